The number of hydrogen-bond acceptors (Lipinski definition) is 10. The van der Waals surface area contributed by atoms with Crippen molar-refractivity contribution >= 4 is 35.6 Å². The fraction of sp³-hybridized carbons (Fsp3) is 0.641. The van der Waals surface area contributed by atoms with Gasteiger partial charge in [0, 0.05) is 75.9 Å². The van der Waals surface area contributed by atoms with Gasteiger partial charge in [-0.15, -0.1) is 0 Å². The van der Waals surface area contributed by atoms with E-state index in [0.717, 1.165) is 31.6 Å². The number of guanidine groups is 1. The third-order valence-corrected chi connectivity index (χ3v) is 12.3. The van der Waals surface area contributed by atoms with Crippen molar-refractivity contribution in [1.29, 1.82) is 0 Å². The zero-order chi connectivity index (χ0) is 39.6. The van der Waals surface area contributed by atoms with Gasteiger partial charge < -0.3 is 51.0 Å². The van der Waals surface area contributed by atoms with E-state index < -0.39 is 24.2 Å². The maximum Gasteiger partial charge on any atom is 0.415 e. The minimum atomic E-state index is -0.727. The molecule has 1 aromatic rings. The van der Waals surface area contributed by atoms with Crippen LogP contribution in [0.15, 0.2) is 29.0 Å². The van der Waals surface area contributed by atoms with Crippen LogP contribution in [0.25, 0.3) is 0 Å². The number of nitrogens with two attached hydrogens (primary N) is 2. The summed E-state index contributed by atoms with van der Waals surface area (Å²) in [6, 6.07) is 3.86. The number of likely N-dealkylation sites (tertiary alicyclic amines) is 2. The molecular formula is C39H56N8O8. The Hall–Kier alpha value is -4.86. The zero-order valence-electron chi connectivity index (χ0n) is 32.6. The number of ether oxygens (including phenoxy) is 3. The Balaban J connectivity index is 1.20. The van der Waals surface area contributed by atoms with Gasteiger partial charge in [-0.1, -0.05) is 6.07 Å². The summed E-state index contributed by atoms with van der Waals surface area (Å²) in [5, 5.41) is 5.45. The molecule has 6 rings (SSSR count). The molecule has 3 heterocycles. The first kappa shape index (κ1) is 39.8. The molecule has 1 spiro atoms. The summed E-state index contributed by atoms with van der Waals surface area (Å²) >= 11 is 0. The zero-order valence-corrected chi connectivity index (χ0v) is 32.6. The number of allylic oxidation sites excluding steroid dienone is 1. The SMILES string of the molecule is COc1ccc2c3c1O[C@H]1C(OC(=O)N4CCC(C(=O)N(C)C)CC4CNC(=O)[C@H](CCCN=C(N)N)CC(=O)CNC(C)=O)=CC[C@H]4[C@@H](C2)N(C)CC[C@]314. The molecule has 55 heavy (non-hydrogen) atoms. The van der Waals surface area contributed by atoms with Crippen LogP contribution in [-0.4, -0.2) is 129 Å². The molecule has 2 fully saturated rings. The molecule has 5 aliphatic rings. The van der Waals surface area contributed by atoms with Gasteiger partial charge in [0.2, 0.25) is 17.7 Å². The summed E-state index contributed by atoms with van der Waals surface area (Å²) in [6.45, 7) is 2.58. The van der Waals surface area contributed by atoms with Crippen molar-refractivity contribution < 1.29 is 38.2 Å². The number of rotatable bonds is 14. The van der Waals surface area contributed by atoms with Crippen LogP contribution in [0.5, 0.6) is 11.5 Å². The van der Waals surface area contributed by atoms with Crippen LogP contribution in [0.4, 0.5) is 4.79 Å². The molecule has 0 aromatic heterocycles. The molecule has 2 saturated heterocycles. The van der Waals surface area contributed by atoms with Gasteiger partial charge in [0.05, 0.1) is 19.7 Å². The first-order valence-corrected chi connectivity index (χ1v) is 19.3. The van der Waals surface area contributed by atoms with E-state index in [1.165, 1.54) is 18.1 Å². The lowest BCUT2D eigenvalue weighted by Gasteiger charge is -2.56. The van der Waals surface area contributed by atoms with Gasteiger partial charge in [-0.25, -0.2) is 4.79 Å². The average Bonchev–Trinajstić information content (AvgIpc) is 3.51. The number of ketones is 1. The highest BCUT2D eigenvalue weighted by atomic mass is 16.6. The molecule has 16 heteroatoms. The summed E-state index contributed by atoms with van der Waals surface area (Å²) < 4.78 is 18.9. The lowest BCUT2D eigenvalue weighted by atomic mass is 9.53. The van der Waals surface area contributed by atoms with Crippen LogP contribution < -0.4 is 31.6 Å². The van der Waals surface area contributed by atoms with Gasteiger partial charge >= 0.3 is 6.09 Å². The van der Waals surface area contributed by atoms with Crippen LogP contribution >= 0.6 is 0 Å². The third kappa shape index (κ3) is 7.96. The number of carbonyl (C=O) groups is 5. The molecule has 1 aromatic carbocycles. The number of amides is 4. The fourth-order valence-corrected chi connectivity index (χ4v) is 9.60. The number of benzene rings is 1. The number of aliphatic imine (C=N–C) groups is 1. The minimum absolute atomic E-state index is 0.0421. The van der Waals surface area contributed by atoms with Crippen LogP contribution in [-0.2, 0) is 35.8 Å². The summed E-state index contributed by atoms with van der Waals surface area (Å²) in [5.74, 6) is -0.0814. The van der Waals surface area contributed by atoms with Crippen LogP contribution in [0, 0.1) is 17.8 Å². The van der Waals surface area contributed by atoms with E-state index in [4.69, 9.17) is 25.7 Å². The van der Waals surface area contributed by atoms with Gasteiger partial charge in [0.1, 0.15) is 5.76 Å². The highest BCUT2D eigenvalue weighted by molar-refractivity contribution is 5.90. The van der Waals surface area contributed by atoms with Gasteiger partial charge in [0.25, 0.3) is 0 Å². The highest BCUT2D eigenvalue weighted by Crippen LogP contribution is 2.63. The molecule has 2 aliphatic carbocycles. The molecule has 4 amide bonds. The molecule has 0 saturated carbocycles. The van der Waals surface area contributed by atoms with E-state index in [-0.39, 0.29) is 79.3 Å². The quantitative estimate of drug-likeness (QED) is 0.120. The number of nitrogens with one attached hydrogen (secondary N) is 2. The van der Waals surface area contributed by atoms with Crippen molar-refractivity contribution in [3.63, 3.8) is 0 Å². The number of carbonyl (C=O) groups excluding carboxylic acids is 5. The lowest BCUT2D eigenvalue weighted by molar-refractivity contribution is -0.135. The first-order valence-electron chi connectivity index (χ1n) is 19.3. The van der Waals surface area contributed by atoms with Gasteiger partial charge in [0.15, 0.2) is 29.3 Å². The van der Waals surface area contributed by atoms with Crippen LogP contribution in [0.1, 0.15) is 63.0 Å². The Morgan fingerprint density at radius 2 is 1.93 bits per heavy atom. The fourth-order valence-electron chi connectivity index (χ4n) is 9.60. The number of likely N-dealkylation sites (N-methyl/N-ethyl adjacent to an activating group) is 1. The van der Waals surface area contributed by atoms with E-state index in [1.807, 2.05) is 12.1 Å². The minimum Gasteiger partial charge on any atom is -0.493 e. The van der Waals surface area contributed by atoms with E-state index in [2.05, 4.69) is 33.6 Å². The second kappa shape index (κ2) is 16.5. The maximum atomic E-state index is 14.3. The van der Waals surface area contributed by atoms with Crippen molar-refractivity contribution in [3.8, 4) is 11.5 Å². The van der Waals surface area contributed by atoms with Crippen molar-refractivity contribution in [1.82, 2.24) is 25.3 Å². The Bertz CT molecular complexity index is 1740. The Morgan fingerprint density at radius 3 is 2.64 bits per heavy atom. The first-order chi connectivity index (χ1) is 26.2. The van der Waals surface area contributed by atoms with Gasteiger partial charge in [-0.3, -0.25) is 24.2 Å². The topological polar surface area (TPSA) is 211 Å². The molecule has 7 atom stereocenters. The second-order valence-electron chi connectivity index (χ2n) is 15.8. The molecule has 0 radical (unpaired) electrons. The number of nitrogens with zero attached hydrogens (tertiary/aromatic N) is 4. The standard InChI is InChI=1S/C39H56N8O8/c1-22(48)43-21-27(49)18-24(7-6-14-42-37(40)41)35(50)44-20-26-17-25(36(51)45(2)3)12-15-47(26)38(52)54-31-11-9-28-29-19-23-8-10-30(53-5)33-32(23)39(28,34(31)55-33)13-16-46(29)4/h8,10-11,24-26,28-29,34H,6-7,9,12-21H2,1-5H3,(H,43,48)(H,44,50)(H4,40,41,42)/t24-,25?,26?,28+,29-,34+,39+/m1/s1. The molecule has 3 aliphatic heterocycles. The number of methoxy groups -OCH3 is 1. The predicted molar refractivity (Wildman–Crippen MR) is 203 cm³/mol. The molecule has 6 N–H and O–H groups in total. The Kier molecular flexibility index (Phi) is 11.9. The van der Waals surface area contributed by atoms with E-state index in [1.54, 1.807) is 31.0 Å². The summed E-state index contributed by atoms with van der Waals surface area (Å²) in [6.07, 6.45) is 4.85. The summed E-state index contributed by atoms with van der Waals surface area (Å²) in [5.41, 5.74) is 13.0. The molecule has 16 nitrogen and oxygen atoms in total. The number of hydrogen-bond donors (Lipinski definition) is 4. The normalized spacial score (nSPS) is 26.7. The summed E-state index contributed by atoms with van der Waals surface area (Å²) in [7, 11) is 7.22. The number of Topliss-reactive ketones (excluding diaryl/α,β-unsaturated/α-hetero) is 1. The second-order valence-corrected chi connectivity index (χ2v) is 15.8. The third-order valence-electron chi connectivity index (χ3n) is 12.3. The smallest absolute Gasteiger partial charge is 0.415 e. The molecule has 2 unspecified atom stereocenters. The molecule has 2 bridgehead atoms. The average molecular weight is 765 g/mol. The van der Waals surface area contributed by atoms with Crippen LogP contribution in [0.3, 0.4) is 0 Å². The summed E-state index contributed by atoms with van der Waals surface area (Å²) in [4.78, 5) is 74.8. The Morgan fingerprint density at radius 1 is 1.15 bits per heavy atom. The van der Waals surface area contributed by atoms with Crippen LogP contribution in [0.2, 0.25) is 0 Å². The maximum absolute atomic E-state index is 14.3. The van der Waals surface area contributed by atoms with E-state index in [9.17, 15) is 24.0 Å². The van der Waals surface area contributed by atoms with Crippen molar-refractivity contribution in [2.75, 3.05) is 61.0 Å². The monoisotopic (exact) mass is 764 g/mol. The van der Waals surface area contributed by atoms with Gasteiger partial charge in [-0.05, 0) is 82.2 Å². The van der Waals surface area contributed by atoms with Crippen molar-refractivity contribution in [2.45, 2.75) is 81.9 Å². The predicted octanol–water partition coefficient (Wildman–Crippen LogP) is 1.04. The van der Waals surface area contributed by atoms with E-state index >= 15 is 0 Å². The molecular weight excluding hydrogens is 708 g/mol. The van der Waals surface area contributed by atoms with E-state index in [0.29, 0.717) is 43.2 Å². The van der Waals surface area contributed by atoms with Crippen molar-refractivity contribution in [3.05, 3.63) is 35.1 Å². The van der Waals surface area contributed by atoms with Crippen molar-refractivity contribution in [2.24, 2.45) is 34.2 Å². The Labute approximate surface area is 322 Å². The number of piperidine rings is 2. The molecule has 300 valence electrons. The van der Waals surface area contributed by atoms with Gasteiger partial charge in [-0.2, -0.15) is 0 Å². The lowest BCUT2D eigenvalue weighted by Crippen LogP contribution is -2.63. The highest BCUT2D eigenvalue weighted by Gasteiger charge is 2.65. The largest absolute Gasteiger partial charge is 0.493 e.